The standard InChI is InChI=1S/C14H24O8P2/c1-5-17-23(15,18-6-2)21-13-11-9-10-12-14(13)22-24(16,19-7-3)20-8-4/h9-12H,5-8H2,1-4H3. The second kappa shape index (κ2) is 10.2. The average molecular weight is 382 g/mol. The van der Waals surface area contributed by atoms with Gasteiger partial charge in [0.05, 0.1) is 26.4 Å². The summed E-state index contributed by atoms with van der Waals surface area (Å²) in [7, 11) is -7.63. The first kappa shape index (κ1) is 21.2. The number of para-hydroxylation sites is 2. The van der Waals surface area contributed by atoms with Crippen molar-refractivity contribution in [2.75, 3.05) is 26.4 Å². The molecule has 0 heterocycles. The van der Waals surface area contributed by atoms with E-state index in [2.05, 4.69) is 0 Å². The number of rotatable bonds is 12. The van der Waals surface area contributed by atoms with Gasteiger partial charge < -0.3 is 9.05 Å². The van der Waals surface area contributed by atoms with Crippen LogP contribution in [0, 0.1) is 0 Å². The fourth-order valence-corrected chi connectivity index (χ4v) is 4.06. The highest BCUT2D eigenvalue weighted by Crippen LogP contribution is 2.55. The Morgan fingerprint density at radius 2 is 0.958 bits per heavy atom. The maximum Gasteiger partial charge on any atom is 0.530 e. The van der Waals surface area contributed by atoms with Gasteiger partial charge in [-0.25, -0.2) is 9.13 Å². The number of hydrogen-bond donors (Lipinski definition) is 0. The van der Waals surface area contributed by atoms with Crippen molar-refractivity contribution in [3.05, 3.63) is 24.3 Å². The van der Waals surface area contributed by atoms with Crippen molar-refractivity contribution in [3.8, 4) is 11.5 Å². The van der Waals surface area contributed by atoms with E-state index >= 15 is 0 Å². The van der Waals surface area contributed by atoms with E-state index in [0.717, 1.165) is 0 Å². The van der Waals surface area contributed by atoms with E-state index in [9.17, 15) is 9.13 Å². The zero-order chi connectivity index (χ0) is 18.1. The molecule has 1 rings (SSSR count). The van der Waals surface area contributed by atoms with Gasteiger partial charge in [-0.15, -0.1) is 0 Å². The molecule has 0 saturated heterocycles. The molecule has 24 heavy (non-hydrogen) atoms. The highest BCUT2D eigenvalue weighted by molar-refractivity contribution is 7.49. The summed E-state index contributed by atoms with van der Waals surface area (Å²) in [6, 6.07) is 6.25. The van der Waals surface area contributed by atoms with E-state index in [1.165, 1.54) is 12.1 Å². The van der Waals surface area contributed by atoms with Crippen molar-refractivity contribution in [2.45, 2.75) is 27.7 Å². The Morgan fingerprint density at radius 1 is 0.667 bits per heavy atom. The Kier molecular flexibility index (Phi) is 8.98. The highest BCUT2D eigenvalue weighted by atomic mass is 31.2. The van der Waals surface area contributed by atoms with Gasteiger partial charge >= 0.3 is 15.6 Å². The molecule has 0 aliphatic carbocycles. The molecule has 8 nitrogen and oxygen atoms in total. The first-order valence-electron chi connectivity index (χ1n) is 7.68. The van der Waals surface area contributed by atoms with Crippen molar-refractivity contribution in [2.24, 2.45) is 0 Å². The fourth-order valence-electron chi connectivity index (χ4n) is 1.65. The minimum Gasteiger partial charge on any atom is -0.400 e. The van der Waals surface area contributed by atoms with Gasteiger partial charge in [-0.1, -0.05) is 12.1 Å². The van der Waals surface area contributed by atoms with Crippen LogP contribution in [0.1, 0.15) is 27.7 Å². The Morgan fingerprint density at radius 3 is 1.21 bits per heavy atom. The van der Waals surface area contributed by atoms with Gasteiger partial charge in [-0.2, -0.15) is 0 Å². The number of phosphoric ester groups is 2. The molecule has 0 unspecified atom stereocenters. The molecule has 0 aliphatic heterocycles. The van der Waals surface area contributed by atoms with Crippen LogP contribution in [0.4, 0.5) is 0 Å². The molecule has 0 fully saturated rings. The second-order valence-corrected chi connectivity index (χ2v) is 7.38. The van der Waals surface area contributed by atoms with Crippen molar-refractivity contribution >= 4 is 15.6 Å². The molecule has 0 aromatic heterocycles. The van der Waals surface area contributed by atoms with Crippen LogP contribution in [0.25, 0.3) is 0 Å². The lowest BCUT2D eigenvalue weighted by Gasteiger charge is -2.21. The van der Waals surface area contributed by atoms with E-state index in [0.29, 0.717) is 0 Å². The molecule has 0 N–H and O–H groups in total. The van der Waals surface area contributed by atoms with Gasteiger partial charge in [0.2, 0.25) is 0 Å². The summed E-state index contributed by atoms with van der Waals surface area (Å²) in [5.41, 5.74) is 0. The zero-order valence-electron chi connectivity index (χ0n) is 14.3. The first-order chi connectivity index (χ1) is 11.4. The minimum absolute atomic E-state index is 0.0439. The quantitative estimate of drug-likeness (QED) is 0.476. The molecule has 138 valence electrons. The van der Waals surface area contributed by atoms with E-state index in [1.54, 1.807) is 39.8 Å². The summed E-state index contributed by atoms with van der Waals surface area (Å²) in [5.74, 6) is 0.0877. The highest BCUT2D eigenvalue weighted by Gasteiger charge is 2.32. The molecule has 0 spiro atoms. The van der Waals surface area contributed by atoms with Crippen molar-refractivity contribution < 1.29 is 36.3 Å². The summed E-state index contributed by atoms with van der Waals surface area (Å²) in [6.07, 6.45) is 0. The van der Waals surface area contributed by atoms with E-state index in [1.807, 2.05) is 0 Å². The Balaban J connectivity index is 3.06. The van der Waals surface area contributed by atoms with Crippen molar-refractivity contribution in [3.63, 3.8) is 0 Å². The molecule has 1 aromatic rings. The predicted molar refractivity (Wildman–Crippen MR) is 89.4 cm³/mol. The first-order valence-corrected chi connectivity index (χ1v) is 10.6. The fraction of sp³-hybridized carbons (Fsp3) is 0.571. The summed E-state index contributed by atoms with van der Waals surface area (Å²) in [6.45, 7) is 7.19. The Bertz CT molecular complexity index is 521. The van der Waals surface area contributed by atoms with E-state index in [4.69, 9.17) is 27.1 Å². The largest absolute Gasteiger partial charge is 0.530 e. The summed E-state index contributed by atoms with van der Waals surface area (Å²) in [5, 5.41) is 0. The number of benzene rings is 1. The maximum atomic E-state index is 12.5. The normalized spacial score (nSPS) is 12.2. The van der Waals surface area contributed by atoms with Gasteiger partial charge in [-0.05, 0) is 39.8 Å². The molecule has 10 heteroatoms. The molecular weight excluding hydrogens is 358 g/mol. The number of phosphoric acid groups is 2. The van der Waals surface area contributed by atoms with Crippen LogP contribution in [0.3, 0.4) is 0 Å². The van der Waals surface area contributed by atoms with Crippen LogP contribution in [0.2, 0.25) is 0 Å². The van der Waals surface area contributed by atoms with Gasteiger partial charge in [0.15, 0.2) is 11.5 Å². The Labute approximate surface area is 142 Å². The lowest BCUT2D eigenvalue weighted by atomic mass is 10.3. The Hall–Kier alpha value is -0.880. The predicted octanol–water partition coefficient (Wildman–Crippen LogP) is 4.81. The third kappa shape index (κ3) is 6.55. The molecular formula is C14H24O8P2. The zero-order valence-corrected chi connectivity index (χ0v) is 16.1. The van der Waals surface area contributed by atoms with Crippen molar-refractivity contribution in [1.82, 2.24) is 0 Å². The molecule has 0 aliphatic rings. The van der Waals surface area contributed by atoms with Gasteiger partial charge in [0.25, 0.3) is 0 Å². The third-order valence-electron chi connectivity index (χ3n) is 2.42. The van der Waals surface area contributed by atoms with Gasteiger partial charge in [-0.3, -0.25) is 18.1 Å². The van der Waals surface area contributed by atoms with Crippen LogP contribution in [0.5, 0.6) is 11.5 Å². The number of hydrogen-bond acceptors (Lipinski definition) is 8. The molecule has 1 aromatic carbocycles. The molecule has 0 bridgehead atoms. The van der Waals surface area contributed by atoms with Crippen molar-refractivity contribution in [1.29, 1.82) is 0 Å². The lowest BCUT2D eigenvalue weighted by molar-refractivity contribution is 0.157. The summed E-state index contributed by atoms with van der Waals surface area (Å²) >= 11 is 0. The van der Waals surface area contributed by atoms with Crippen LogP contribution in [0.15, 0.2) is 24.3 Å². The topological polar surface area (TPSA) is 89.5 Å². The molecule has 0 saturated carbocycles. The average Bonchev–Trinajstić information content (AvgIpc) is 2.50. The summed E-state index contributed by atoms with van der Waals surface area (Å²) in [4.78, 5) is 0. The van der Waals surface area contributed by atoms with Gasteiger partial charge in [0, 0.05) is 0 Å². The molecule has 0 amide bonds. The van der Waals surface area contributed by atoms with E-state index in [-0.39, 0.29) is 37.9 Å². The van der Waals surface area contributed by atoms with E-state index < -0.39 is 15.6 Å². The van der Waals surface area contributed by atoms with Crippen LogP contribution >= 0.6 is 15.6 Å². The third-order valence-corrected chi connectivity index (χ3v) is 5.56. The smallest absolute Gasteiger partial charge is 0.400 e. The second-order valence-electron chi connectivity index (χ2n) is 4.19. The molecule has 0 atom stereocenters. The minimum atomic E-state index is -3.82. The van der Waals surface area contributed by atoms with Gasteiger partial charge in [0.1, 0.15) is 0 Å². The maximum absolute atomic E-state index is 12.5. The van der Waals surface area contributed by atoms with Crippen LogP contribution < -0.4 is 9.05 Å². The monoisotopic (exact) mass is 382 g/mol. The lowest BCUT2D eigenvalue weighted by Crippen LogP contribution is -2.05. The van der Waals surface area contributed by atoms with Crippen LogP contribution in [-0.2, 0) is 27.2 Å². The summed E-state index contributed by atoms with van der Waals surface area (Å²) < 4.78 is 56.0. The van der Waals surface area contributed by atoms with Crippen LogP contribution in [-0.4, -0.2) is 26.4 Å². The SMILES string of the molecule is CCOP(=O)(OCC)Oc1ccccc1OP(=O)(OCC)OCC. The molecule has 0 radical (unpaired) electrons.